The molecular formula is C16H13FN4O2S. The summed E-state index contributed by atoms with van der Waals surface area (Å²) in [6.45, 7) is 1.72. The van der Waals surface area contributed by atoms with Crippen LogP contribution in [0.3, 0.4) is 0 Å². The van der Waals surface area contributed by atoms with Gasteiger partial charge in [-0.2, -0.15) is 0 Å². The van der Waals surface area contributed by atoms with E-state index >= 15 is 0 Å². The average Bonchev–Trinajstić information content (AvgIpc) is 3.06. The number of benzene rings is 1. The number of anilines is 1. The monoisotopic (exact) mass is 344 g/mol. The Kier molecular flexibility index (Phi) is 4.85. The van der Waals surface area contributed by atoms with Crippen molar-refractivity contribution in [2.45, 2.75) is 17.4 Å². The van der Waals surface area contributed by atoms with Gasteiger partial charge in [0, 0.05) is 23.6 Å². The Bertz CT molecular complexity index is 824. The molecule has 0 aliphatic rings. The lowest BCUT2D eigenvalue weighted by atomic mass is 10.3. The Balaban J connectivity index is 1.62. The van der Waals surface area contributed by atoms with Gasteiger partial charge in [-0.3, -0.25) is 9.78 Å². The fourth-order valence-electron chi connectivity index (χ4n) is 1.85. The topological polar surface area (TPSA) is 80.9 Å². The van der Waals surface area contributed by atoms with Gasteiger partial charge in [-0.05, 0) is 43.3 Å². The van der Waals surface area contributed by atoms with Crippen molar-refractivity contribution >= 4 is 23.4 Å². The van der Waals surface area contributed by atoms with Crippen molar-refractivity contribution in [2.75, 3.05) is 5.32 Å². The van der Waals surface area contributed by atoms with E-state index in [4.69, 9.17) is 4.42 Å². The van der Waals surface area contributed by atoms with Crippen molar-refractivity contribution in [1.29, 1.82) is 0 Å². The van der Waals surface area contributed by atoms with Crippen molar-refractivity contribution < 1.29 is 13.6 Å². The molecule has 0 fully saturated rings. The summed E-state index contributed by atoms with van der Waals surface area (Å²) in [5.74, 6) is -0.230. The predicted molar refractivity (Wildman–Crippen MR) is 87.9 cm³/mol. The third kappa shape index (κ3) is 3.96. The van der Waals surface area contributed by atoms with Gasteiger partial charge < -0.3 is 9.73 Å². The normalized spacial score (nSPS) is 11.9. The molecular weight excluding hydrogens is 331 g/mol. The Hall–Kier alpha value is -2.74. The Morgan fingerprint density at radius 1 is 1.17 bits per heavy atom. The van der Waals surface area contributed by atoms with Crippen LogP contribution in [0.5, 0.6) is 0 Å². The largest absolute Gasteiger partial charge is 0.411 e. The molecule has 6 nitrogen and oxygen atoms in total. The summed E-state index contributed by atoms with van der Waals surface area (Å²) in [6, 6.07) is 9.08. The molecule has 0 spiro atoms. The zero-order chi connectivity index (χ0) is 16.9. The Morgan fingerprint density at radius 3 is 2.58 bits per heavy atom. The number of rotatable bonds is 5. The minimum Gasteiger partial charge on any atom is -0.411 e. The van der Waals surface area contributed by atoms with Crippen LogP contribution in [-0.4, -0.2) is 26.3 Å². The molecule has 0 saturated heterocycles. The lowest BCUT2D eigenvalue weighted by Gasteiger charge is -2.09. The molecule has 1 amide bonds. The summed E-state index contributed by atoms with van der Waals surface area (Å²) in [5, 5.41) is 10.4. The molecule has 2 heterocycles. The first kappa shape index (κ1) is 16.1. The standard InChI is InChI=1S/C16H13FN4O2S/c1-10(14(22)19-13-4-2-12(17)3-5-13)24-16-21-20-15(23-16)11-6-8-18-9-7-11/h2-10H,1H3,(H,19,22)/t10-/m1/s1. The van der Waals surface area contributed by atoms with Gasteiger partial charge in [0.15, 0.2) is 0 Å². The summed E-state index contributed by atoms with van der Waals surface area (Å²) < 4.78 is 18.4. The second-order valence-electron chi connectivity index (χ2n) is 4.87. The Morgan fingerprint density at radius 2 is 1.88 bits per heavy atom. The molecule has 24 heavy (non-hydrogen) atoms. The third-order valence-corrected chi connectivity index (χ3v) is 4.03. The van der Waals surface area contributed by atoms with Crippen LogP contribution in [0.25, 0.3) is 11.5 Å². The number of thioether (sulfide) groups is 1. The number of halogens is 1. The van der Waals surface area contributed by atoms with Gasteiger partial charge in [-0.15, -0.1) is 10.2 Å². The smallest absolute Gasteiger partial charge is 0.277 e. The first-order valence-electron chi connectivity index (χ1n) is 7.09. The van der Waals surface area contributed by atoms with Gasteiger partial charge in [-0.25, -0.2) is 4.39 Å². The summed E-state index contributed by atoms with van der Waals surface area (Å²) in [7, 11) is 0. The highest BCUT2D eigenvalue weighted by Gasteiger charge is 2.19. The lowest BCUT2D eigenvalue weighted by molar-refractivity contribution is -0.115. The van der Waals surface area contributed by atoms with E-state index in [1.54, 1.807) is 31.5 Å². The molecule has 1 aromatic carbocycles. The maximum Gasteiger partial charge on any atom is 0.277 e. The van der Waals surface area contributed by atoms with Crippen LogP contribution < -0.4 is 5.32 Å². The van der Waals surface area contributed by atoms with E-state index in [2.05, 4.69) is 20.5 Å². The third-order valence-electron chi connectivity index (χ3n) is 3.09. The summed E-state index contributed by atoms with van der Waals surface area (Å²) in [5.41, 5.74) is 1.28. The van der Waals surface area contributed by atoms with Crippen molar-refractivity contribution in [3.05, 3.63) is 54.6 Å². The van der Waals surface area contributed by atoms with E-state index in [0.717, 1.165) is 17.3 Å². The zero-order valence-corrected chi connectivity index (χ0v) is 13.5. The molecule has 3 aromatic rings. The van der Waals surface area contributed by atoms with Crippen molar-refractivity contribution in [2.24, 2.45) is 0 Å². The molecule has 3 rings (SSSR count). The van der Waals surface area contributed by atoms with Crippen molar-refractivity contribution in [1.82, 2.24) is 15.2 Å². The van der Waals surface area contributed by atoms with Crippen LogP contribution in [-0.2, 0) is 4.79 Å². The second kappa shape index (κ2) is 7.22. The van der Waals surface area contributed by atoms with E-state index in [9.17, 15) is 9.18 Å². The van der Waals surface area contributed by atoms with E-state index < -0.39 is 5.25 Å². The second-order valence-corrected chi connectivity index (χ2v) is 6.16. The van der Waals surface area contributed by atoms with Gasteiger partial charge in [0.2, 0.25) is 11.8 Å². The summed E-state index contributed by atoms with van der Waals surface area (Å²) in [4.78, 5) is 16.1. The minimum atomic E-state index is -0.458. The number of pyridine rings is 1. The number of hydrogen-bond donors (Lipinski definition) is 1. The number of amides is 1. The van der Waals surface area contributed by atoms with Crippen molar-refractivity contribution in [3.8, 4) is 11.5 Å². The molecule has 0 aliphatic carbocycles. The zero-order valence-electron chi connectivity index (χ0n) is 12.6. The van der Waals surface area contributed by atoms with Crippen LogP contribution in [0.4, 0.5) is 10.1 Å². The number of nitrogens with zero attached hydrogens (tertiary/aromatic N) is 3. The van der Waals surface area contributed by atoms with E-state index in [-0.39, 0.29) is 11.7 Å². The molecule has 0 radical (unpaired) electrons. The fraction of sp³-hybridized carbons (Fsp3) is 0.125. The Labute approximate surface area is 141 Å². The molecule has 122 valence electrons. The first-order chi connectivity index (χ1) is 11.6. The average molecular weight is 344 g/mol. The van der Waals surface area contributed by atoms with E-state index in [1.807, 2.05) is 0 Å². The highest BCUT2D eigenvalue weighted by atomic mass is 32.2. The summed E-state index contributed by atoms with van der Waals surface area (Å²) in [6.07, 6.45) is 3.26. The highest BCUT2D eigenvalue weighted by Crippen LogP contribution is 2.26. The number of hydrogen-bond acceptors (Lipinski definition) is 6. The predicted octanol–water partition coefficient (Wildman–Crippen LogP) is 3.39. The van der Waals surface area contributed by atoms with Crippen LogP contribution in [0.2, 0.25) is 0 Å². The molecule has 2 aromatic heterocycles. The van der Waals surface area contributed by atoms with Gasteiger partial charge in [0.25, 0.3) is 5.22 Å². The quantitative estimate of drug-likeness (QED) is 0.715. The van der Waals surface area contributed by atoms with Gasteiger partial charge in [0.1, 0.15) is 5.82 Å². The molecule has 0 unspecified atom stereocenters. The minimum absolute atomic E-state index is 0.240. The molecule has 1 atom stereocenters. The number of nitrogens with one attached hydrogen (secondary N) is 1. The SMILES string of the molecule is C[C@@H](Sc1nnc(-c2ccncc2)o1)C(=O)Nc1ccc(F)cc1. The molecule has 8 heteroatoms. The maximum atomic E-state index is 12.9. The first-order valence-corrected chi connectivity index (χ1v) is 7.97. The van der Waals surface area contributed by atoms with Crippen LogP contribution in [0.15, 0.2) is 58.4 Å². The number of aromatic nitrogens is 3. The number of carbonyl (C=O) groups excluding carboxylic acids is 1. The lowest BCUT2D eigenvalue weighted by Crippen LogP contribution is -2.22. The molecule has 0 saturated carbocycles. The van der Waals surface area contributed by atoms with Crippen molar-refractivity contribution in [3.63, 3.8) is 0 Å². The molecule has 0 aliphatic heterocycles. The molecule has 1 N–H and O–H groups in total. The summed E-state index contributed by atoms with van der Waals surface area (Å²) >= 11 is 1.15. The van der Waals surface area contributed by atoms with Gasteiger partial charge >= 0.3 is 0 Å². The highest BCUT2D eigenvalue weighted by molar-refractivity contribution is 8.00. The van der Waals surface area contributed by atoms with E-state index in [0.29, 0.717) is 16.8 Å². The van der Waals surface area contributed by atoms with Gasteiger partial charge in [0.05, 0.1) is 5.25 Å². The fourth-order valence-corrected chi connectivity index (χ4v) is 2.53. The van der Waals surface area contributed by atoms with E-state index in [1.165, 1.54) is 24.3 Å². The van der Waals surface area contributed by atoms with Crippen LogP contribution in [0, 0.1) is 5.82 Å². The number of carbonyl (C=O) groups is 1. The van der Waals surface area contributed by atoms with Gasteiger partial charge in [-0.1, -0.05) is 11.8 Å². The maximum absolute atomic E-state index is 12.9. The molecule has 0 bridgehead atoms. The van der Waals surface area contributed by atoms with Crippen LogP contribution >= 0.6 is 11.8 Å². The van der Waals surface area contributed by atoms with Crippen LogP contribution in [0.1, 0.15) is 6.92 Å².